The SMILES string of the molecule is O=C(c1ccc2ncccc2c1)N1CCC(N(c2ccncn2)C2CC2)CC1. The fraction of sp³-hybridized carbons (Fsp3) is 0.364. The van der Waals surface area contributed by atoms with Crippen molar-refractivity contribution in [1.29, 1.82) is 0 Å². The van der Waals surface area contributed by atoms with Crippen LogP contribution in [0.2, 0.25) is 0 Å². The average molecular weight is 373 g/mol. The molecule has 6 heteroatoms. The third-order valence-corrected chi connectivity index (χ3v) is 5.77. The van der Waals surface area contributed by atoms with Gasteiger partial charge in [-0.05, 0) is 56.0 Å². The predicted octanol–water partition coefficient (Wildman–Crippen LogP) is 3.30. The van der Waals surface area contributed by atoms with E-state index in [-0.39, 0.29) is 5.91 Å². The summed E-state index contributed by atoms with van der Waals surface area (Å²) in [5.74, 6) is 1.13. The van der Waals surface area contributed by atoms with E-state index in [2.05, 4.69) is 19.9 Å². The normalized spacial score (nSPS) is 17.6. The van der Waals surface area contributed by atoms with Crippen LogP contribution in [-0.2, 0) is 0 Å². The summed E-state index contributed by atoms with van der Waals surface area (Å²) in [5.41, 5.74) is 1.66. The summed E-state index contributed by atoms with van der Waals surface area (Å²) >= 11 is 0. The minimum atomic E-state index is 0.115. The number of hydrogen-bond donors (Lipinski definition) is 0. The Morgan fingerprint density at radius 2 is 1.79 bits per heavy atom. The topological polar surface area (TPSA) is 62.2 Å². The van der Waals surface area contributed by atoms with Gasteiger partial charge in [0.2, 0.25) is 0 Å². The first-order valence-electron chi connectivity index (χ1n) is 9.98. The molecule has 0 atom stereocenters. The molecule has 28 heavy (non-hydrogen) atoms. The summed E-state index contributed by atoms with van der Waals surface area (Å²) in [6.45, 7) is 1.56. The molecule has 0 spiro atoms. The molecule has 0 radical (unpaired) electrons. The molecule has 3 heterocycles. The molecule has 1 aliphatic heterocycles. The highest BCUT2D eigenvalue weighted by Gasteiger charge is 2.37. The highest BCUT2D eigenvalue weighted by molar-refractivity contribution is 5.98. The molecule has 1 aromatic carbocycles. The van der Waals surface area contributed by atoms with Crippen LogP contribution in [0.4, 0.5) is 5.82 Å². The van der Waals surface area contributed by atoms with Crippen molar-refractivity contribution in [3.63, 3.8) is 0 Å². The molecule has 2 aromatic heterocycles. The van der Waals surface area contributed by atoms with Gasteiger partial charge in [-0.1, -0.05) is 6.07 Å². The number of carbonyl (C=O) groups is 1. The van der Waals surface area contributed by atoms with E-state index in [4.69, 9.17) is 0 Å². The van der Waals surface area contributed by atoms with E-state index in [0.717, 1.165) is 48.2 Å². The number of piperidine rings is 1. The second-order valence-corrected chi connectivity index (χ2v) is 7.64. The van der Waals surface area contributed by atoms with Gasteiger partial charge in [-0.25, -0.2) is 9.97 Å². The smallest absolute Gasteiger partial charge is 0.253 e. The number of benzene rings is 1. The van der Waals surface area contributed by atoms with E-state index in [1.54, 1.807) is 12.5 Å². The molecule has 2 aliphatic rings. The maximum Gasteiger partial charge on any atom is 0.253 e. The van der Waals surface area contributed by atoms with Gasteiger partial charge in [0, 0.05) is 48.5 Å². The number of aromatic nitrogens is 3. The third-order valence-electron chi connectivity index (χ3n) is 5.77. The van der Waals surface area contributed by atoms with Gasteiger partial charge in [-0.15, -0.1) is 0 Å². The number of rotatable bonds is 4. The summed E-state index contributed by atoms with van der Waals surface area (Å²) in [4.78, 5) is 30.3. The van der Waals surface area contributed by atoms with Gasteiger partial charge >= 0.3 is 0 Å². The van der Waals surface area contributed by atoms with E-state index < -0.39 is 0 Å². The second kappa shape index (κ2) is 7.19. The summed E-state index contributed by atoms with van der Waals surface area (Å²) in [6, 6.07) is 12.7. The van der Waals surface area contributed by atoms with E-state index >= 15 is 0 Å². The molecule has 1 amide bonds. The standard InChI is InChI=1S/C22H23N5O/c28-22(17-3-6-20-16(14-17)2-1-10-24-20)26-12-8-19(9-13-26)27(18-4-5-18)21-7-11-23-15-25-21/h1-3,6-7,10-11,14-15,18-19H,4-5,8-9,12-13H2. The van der Waals surface area contributed by atoms with Crippen molar-refractivity contribution in [3.8, 4) is 0 Å². The fourth-order valence-corrected chi connectivity index (χ4v) is 4.20. The Morgan fingerprint density at radius 3 is 2.54 bits per heavy atom. The molecule has 1 saturated heterocycles. The van der Waals surface area contributed by atoms with Gasteiger partial charge in [0.1, 0.15) is 12.1 Å². The number of likely N-dealkylation sites (tertiary alicyclic amines) is 1. The highest BCUT2D eigenvalue weighted by atomic mass is 16.2. The molecule has 6 nitrogen and oxygen atoms in total. The molecular weight excluding hydrogens is 350 g/mol. The molecule has 3 aromatic rings. The van der Waals surface area contributed by atoms with Gasteiger partial charge in [0.15, 0.2) is 0 Å². The number of carbonyl (C=O) groups excluding carboxylic acids is 1. The zero-order valence-corrected chi connectivity index (χ0v) is 15.7. The lowest BCUT2D eigenvalue weighted by atomic mass is 10.0. The number of hydrogen-bond acceptors (Lipinski definition) is 5. The molecule has 5 rings (SSSR count). The zero-order valence-electron chi connectivity index (χ0n) is 15.7. The summed E-state index contributed by atoms with van der Waals surface area (Å²) in [6.07, 6.45) is 9.62. The molecular formula is C22H23N5O. The quantitative estimate of drug-likeness (QED) is 0.702. The van der Waals surface area contributed by atoms with Crippen molar-refractivity contribution in [1.82, 2.24) is 19.9 Å². The molecule has 0 bridgehead atoms. The summed E-state index contributed by atoms with van der Waals surface area (Å²) in [7, 11) is 0. The number of nitrogens with zero attached hydrogens (tertiary/aromatic N) is 5. The van der Waals surface area contributed by atoms with Crippen LogP contribution in [-0.4, -0.2) is 50.9 Å². The van der Waals surface area contributed by atoms with Gasteiger partial charge < -0.3 is 9.80 Å². The van der Waals surface area contributed by atoms with Crippen LogP contribution < -0.4 is 4.90 Å². The Hall–Kier alpha value is -3.02. The van der Waals surface area contributed by atoms with Crippen molar-refractivity contribution in [2.24, 2.45) is 0 Å². The van der Waals surface area contributed by atoms with Crippen LogP contribution in [0, 0.1) is 0 Å². The van der Waals surface area contributed by atoms with Gasteiger partial charge in [-0.3, -0.25) is 9.78 Å². The minimum absolute atomic E-state index is 0.115. The van der Waals surface area contributed by atoms with Crippen molar-refractivity contribution < 1.29 is 4.79 Å². The van der Waals surface area contributed by atoms with E-state index in [1.807, 2.05) is 47.5 Å². The minimum Gasteiger partial charge on any atom is -0.350 e. The zero-order chi connectivity index (χ0) is 18.9. The lowest BCUT2D eigenvalue weighted by Gasteiger charge is -2.39. The first kappa shape index (κ1) is 17.1. The van der Waals surface area contributed by atoms with Gasteiger partial charge in [-0.2, -0.15) is 0 Å². The van der Waals surface area contributed by atoms with E-state index in [9.17, 15) is 4.79 Å². The molecule has 142 valence electrons. The van der Waals surface area contributed by atoms with Crippen LogP contribution in [0.15, 0.2) is 55.1 Å². The Labute approximate surface area is 164 Å². The van der Waals surface area contributed by atoms with Crippen LogP contribution >= 0.6 is 0 Å². The Bertz CT molecular complexity index is 980. The van der Waals surface area contributed by atoms with Crippen molar-refractivity contribution in [2.45, 2.75) is 37.8 Å². The molecule has 1 saturated carbocycles. The number of pyridine rings is 1. The number of amides is 1. The molecule has 1 aliphatic carbocycles. The van der Waals surface area contributed by atoms with Crippen molar-refractivity contribution >= 4 is 22.6 Å². The predicted molar refractivity (Wildman–Crippen MR) is 108 cm³/mol. The maximum absolute atomic E-state index is 13.0. The average Bonchev–Trinajstić information content (AvgIpc) is 3.59. The molecule has 0 unspecified atom stereocenters. The summed E-state index contributed by atoms with van der Waals surface area (Å²) in [5, 5.41) is 1.01. The fourth-order valence-electron chi connectivity index (χ4n) is 4.20. The van der Waals surface area contributed by atoms with Gasteiger partial charge in [0.25, 0.3) is 5.91 Å². The number of anilines is 1. The van der Waals surface area contributed by atoms with Crippen LogP contribution in [0.25, 0.3) is 10.9 Å². The lowest BCUT2D eigenvalue weighted by molar-refractivity contribution is 0.0712. The van der Waals surface area contributed by atoms with Crippen LogP contribution in [0.1, 0.15) is 36.0 Å². The van der Waals surface area contributed by atoms with Crippen LogP contribution in [0.3, 0.4) is 0 Å². The van der Waals surface area contributed by atoms with Crippen molar-refractivity contribution in [2.75, 3.05) is 18.0 Å². The van der Waals surface area contributed by atoms with E-state index in [1.165, 1.54) is 12.8 Å². The van der Waals surface area contributed by atoms with E-state index in [0.29, 0.717) is 12.1 Å². The third kappa shape index (κ3) is 3.30. The Morgan fingerprint density at radius 1 is 0.964 bits per heavy atom. The maximum atomic E-state index is 13.0. The van der Waals surface area contributed by atoms with Gasteiger partial charge in [0.05, 0.1) is 5.52 Å². The van der Waals surface area contributed by atoms with Crippen LogP contribution in [0.5, 0.6) is 0 Å². The molecule has 0 N–H and O–H groups in total. The van der Waals surface area contributed by atoms with Crippen molar-refractivity contribution in [3.05, 3.63) is 60.7 Å². The first-order chi connectivity index (χ1) is 13.8. The first-order valence-corrected chi connectivity index (χ1v) is 9.98. The highest BCUT2D eigenvalue weighted by Crippen LogP contribution is 2.35. The second-order valence-electron chi connectivity index (χ2n) is 7.64. The lowest BCUT2D eigenvalue weighted by Crippen LogP contribution is -2.48. The Kier molecular flexibility index (Phi) is 4.39. The molecule has 2 fully saturated rings. The Balaban J connectivity index is 1.29. The number of fused-ring (bicyclic) bond motifs is 1. The summed E-state index contributed by atoms with van der Waals surface area (Å²) < 4.78 is 0. The largest absolute Gasteiger partial charge is 0.350 e. The monoisotopic (exact) mass is 373 g/mol.